The number of likely N-dealkylation sites (tertiary alicyclic amines) is 1. The zero-order valence-corrected chi connectivity index (χ0v) is 17.7. The first kappa shape index (κ1) is 20.0. The normalized spacial score (nSPS) is 19.4. The standard InChI is InChI=1S/C26H28N2O3/c29-25-23(16-27-12-10-20-8-4-5-9-21(20)14-27)18-31-26(30)24(25)17-28-13-11-22(15-28)19-6-2-1-3-7-19/h1-9,18,22,29H,10-17H2/t22-/m1/s1. The van der Waals surface area contributed by atoms with Gasteiger partial charge in [0.2, 0.25) is 0 Å². The lowest BCUT2D eigenvalue weighted by atomic mass is 9.99. The minimum Gasteiger partial charge on any atom is -0.507 e. The SMILES string of the molecule is O=c1occ(CN2CCc3ccccc3C2)c(O)c1CN1CC[C@@H](c2ccccc2)C1. The van der Waals surface area contributed by atoms with E-state index in [-0.39, 0.29) is 5.75 Å². The molecule has 160 valence electrons. The van der Waals surface area contributed by atoms with E-state index in [0.717, 1.165) is 39.0 Å². The van der Waals surface area contributed by atoms with E-state index < -0.39 is 5.63 Å². The Kier molecular flexibility index (Phi) is 5.62. The van der Waals surface area contributed by atoms with Crippen molar-refractivity contribution in [1.82, 2.24) is 9.80 Å². The molecule has 0 aliphatic carbocycles. The quantitative estimate of drug-likeness (QED) is 0.684. The Bertz CT molecular complexity index is 1110. The summed E-state index contributed by atoms with van der Waals surface area (Å²) in [7, 11) is 0. The fourth-order valence-corrected chi connectivity index (χ4v) is 4.92. The van der Waals surface area contributed by atoms with Gasteiger partial charge in [0.1, 0.15) is 12.0 Å². The second-order valence-corrected chi connectivity index (χ2v) is 8.74. The van der Waals surface area contributed by atoms with E-state index in [1.807, 2.05) is 6.07 Å². The maximum Gasteiger partial charge on any atom is 0.343 e. The van der Waals surface area contributed by atoms with Gasteiger partial charge in [-0.25, -0.2) is 4.79 Å². The average Bonchev–Trinajstić information content (AvgIpc) is 3.28. The molecule has 31 heavy (non-hydrogen) atoms. The Morgan fingerprint density at radius 1 is 0.935 bits per heavy atom. The molecular formula is C26H28N2O3. The Balaban J connectivity index is 1.29. The van der Waals surface area contributed by atoms with Crippen LogP contribution in [-0.4, -0.2) is 34.5 Å². The van der Waals surface area contributed by atoms with Crippen LogP contribution >= 0.6 is 0 Å². The summed E-state index contributed by atoms with van der Waals surface area (Å²) in [5.74, 6) is 0.560. The maximum atomic E-state index is 12.4. The summed E-state index contributed by atoms with van der Waals surface area (Å²) >= 11 is 0. The minimum atomic E-state index is -0.437. The van der Waals surface area contributed by atoms with Gasteiger partial charge in [-0.1, -0.05) is 54.6 Å². The number of benzene rings is 2. The van der Waals surface area contributed by atoms with Crippen LogP contribution in [0.25, 0.3) is 0 Å². The molecule has 0 unspecified atom stereocenters. The molecule has 1 fully saturated rings. The molecule has 3 aromatic rings. The fourth-order valence-electron chi connectivity index (χ4n) is 4.92. The minimum absolute atomic E-state index is 0.0956. The number of fused-ring (bicyclic) bond motifs is 1. The molecule has 5 nitrogen and oxygen atoms in total. The highest BCUT2D eigenvalue weighted by molar-refractivity contribution is 5.37. The Morgan fingerprint density at radius 3 is 2.55 bits per heavy atom. The summed E-state index contributed by atoms with van der Waals surface area (Å²) in [5.41, 5.74) is 4.69. The molecule has 2 aromatic carbocycles. The molecule has 1 saturated heterocycles. The lowest BCUT2D eigenvalue weighted by molar-refractivity contribution is 0.237. The zero-order chi connectivity index (χ0) is 21.2. The Labute approximate surface area is 182 Å². The van der Waals surface area contributed by atoms with Gasteiger partial charge in [0.05, 0.1) is 5.56 Å². The average molecular weight is 417 g/mol. The molecule has 1 aromatic heterocycles. The highest BCUT2D eigenvalue weighted by Gasteiger charge is 2.27. The van der Waals surface area contributed by atoms with E-state index in [1.165, 1.54) is 23.0 Å². The van der Waals surface area contributed by atoms with E-state index >= 15 is 0 Å². The monoisotopic (exact) mass is 416 g/mol. The summed E-state index contributed by atoms with van der Waals surface area (Å²) in [6, 6.07) is 19.0. The number of rotatable bonds is 5. The number of hydrogen-bond acceptors (Lipinski definition) is 5. The van der Waals surface area contributed by atoms with Crippen molar-refractivity contribution in [3.8, 4) is 5.75 Å². The lowest BCUT2D eigenvalue weighted by Crippen LogP contribution is -2.30. The first-order valence-corrected chi connectivity index (χ1v) is 11.1. The van der Waals surface area contributed by atoms with Crippen molar-refractivity contribution < 1.29 is 9.52 Å². The van der Waals surface area contributed by atoms with Crippen molar-refractivity contribution in [3.63, 3.8) is 0 Å². The summed E-state index contributed by atoms with van der Waals surface area (Å²) in [6.45, 7) is 4.56. The van der Waals surface area contributed by atoms with Crippen molar-refractivity contribution in [2.24, 2.45) is 0 Å². The molecule has 0 spiro atoms. The van der Waals surface area contributed by atoms with E-state index in [0.29, 0.717) is 30.1 Å². The van der Waals surface area contributed by atoms with Gasteiger partial charge in [-0.3, -0.25) is 9.80 Å². The van der Waals surface area contributed by atoms with Crippen molar-refractivity contribution in [3.05, 3.63) is 99.1 Å². The van der Waals surface area contributed by atoms with Gasteiger partial charge in [0, 0.05) is 38.3 Å². The lowest BCUT2D eigenvalue weighted by Gasteiger charge is -2.29. The fraction of sp³-hybridized carbons (Fsp3) is 0.346. The smallest absolute Gasteiger partial charge is 0.343 e. The highest BCUT2D eigenvalue weighted by atomic mass is 16.4. The van der Waals surface area contributed by atoms with Crippen molar-refractivity contribution in [2.75, 3.05) is 19.6 Å². The van der Waals surface area contributed by atoms with Crippen LogP contribution in [0.2, 0.25) is 0 Å². The third kappa shape index (κ3) is 4.29. The van der Waals surface area contributed by atoms with E-state index in [4.69, 9.17) is 4.42 Å². The zero-order valence-electron chi connectivity index (χ0n) is 17.7. The molecule has 2 aliphatic heterocycles. The van der Waals surface area contributed by atoms with Gasteiger partial charge in [-0.15, -0.1) is 0 Å². The van der Waals surface area contributed by atoms with Crippen LogP contribution in [0.1, 0.15) is 40.2 Å². The van der Waals surface area contributed by atoms with Crippen LogP contribution in [0.5, 0.6) is 5.75 Å². The van der Waals surface area contributed by atoms with E-state index in [1.54, 1.807) is 0 Å². The summed E-state index contributed by atoms with van der Waals surface area (Å²) < 4.78 is 5.33. The molecule has 5 heteroatoms. The second-order valence-electron chi connectivity index (χ2n) is 8.74. The molecule has 5 rings (SSSR count). The summed E-state index contributed by atoms with van der Waals surface area (Å²) in [6.07, 6.45) is 3.48. The number of hydrogen-bond donors (Lipinski definition) is 1. The van der Waals surface area contributed by atoms with Crippen LogP contribution in [0, 0.1) is 0 Å². The van der Waals surface area contributed by atoms with Crippen LogP contribution in [0.15, 0.2) is 70.1 Å². The molecule has 3 heterocycles. The predicted octanol–water partition coefficient (Wildman–Crippen LogP) is 3.89. The summed E-state index contributed by atoms with van der Waals surface area (Å²) in [4.78, 5) is 17.0. The molecule has 0 amide bonds. The summed E-state index contributed by atoms with van der Waals surface area (Å²) in [5, 5.41) is 10.9. The molecule has 1 N–H and O–H groups in total. The molecular weight excluding hydrogens is 388 g/mol. The van der Waals surface area contributed by atoms with Crippen molar-refractivity contribution in [2.45, 2.75) is 38.4 Å². The van der Waals surface area contributed by atoms with Crippen LogP contribution in [-0.2, 0) is 26.1 Å². The molecule has 0 bridgehead atoms. The highest BCUT2D eigenvalue weighted by Crippen LogP contribution is 2.30. The molecule has 0 saturated carbocycles. The van der Waals surface area contributed by atoms with Gasteiger partial charge in [-0.05, 0) is 42.0 Å². The predicted molar refractivity (Wildman–Crippen MR) is 120 cm³/mol. The molecule has 0 radical (unpaired) electrons. The van der Waals surface area contributed by atoms with Gasteiger partial charge < -0.3 is 9.52 Å². The van der Waals surface area contributed by atoms with Crippen molar-refractivity contribution in [1.29, 1.82) is 0 Å². The van der Waals surface area contributed by atoms with Crippen LogP contribution in [0.3, 0.4) is 0 Å². The first-order valence-electron chi connectivity index (χ1n) is 11.1. The number of aromatic hydroxyl groups is 1. The van der Waals surface area contributed by atoms with E-state index in [9.17, 15) is 9.90 Å². The Morgan fingerprint density at radius 2 is 1.71 bits per heavy atom. The number of nitrogens with zero attached hydrogens (tertiary/aromatic N) is 2. The third-order valence-corrected chi connectivity index (χ3v) is 6.67. The van der Waals surface area contributed by atoms with Gasteiger partial charge >= 0.3 is 5.63 Å². The van der Waals surface area contributed by atoms with Crippen LogP contribution in [0.4, 0.5) is 0 Å². The first-order chi connectivity index (χ1) is 15.2. The van der Waals surface area contributed by atoms with Gasteiger partial charge in [-0.2, -0.15) is 0 Å². The largest absolute Gasteiger partial charge is 0.507 e. The second kappa shape index (κ2) is 8.69. The third-order valence-electron chi connectivity index (χ3n) is 6.67. The maximum absolute atomic E-state index is 12.4. The van der Waals surface area contributed by atoms with Gasteiger partial charge in [0.25, 0.3) is 0 Å². The molecule has 2 aliphatic rings. The topological polar surface area (TPSA) is 56.9 Å². The van der Waals surface area contributed by atoms with E-state index in [2.05, 4.69) is 58.3 Å². The Hall–Kier alpha value is -2.89. The van der Waals surface area contributed by atoms with Gasteiger partial charge in [0.15, 0.2) is 0 Å². The van der Waals surface area contributed by atoms with Crippen LogP contribution < -0.4 is 5.63 Å². The van der Waals surface area contributed by atoms with Crippen molar-refractivity contribution >= 4 is 0 Å². The molecule has 1 atom stereocenters.